The van der Waals surface area contributed by atoms with Gasteiger partial charge in [0.2, 0.25) is 5.91 Å². The van der Waals surface area contributed by atoms with Crippen molar-refractivity contribution in [3.05, 3.63) is 47.5 Å². The molecule has 0 bridgehead atoms. The first kappa shape index (κ1) is 12.4. The number of methoxy groups -OCH3 is 1. The van der Waals surface area contributed by atoms with Crippen LogP contribution in [0, 0.1) is 0 Å². The summed E-state index contributed by atoms with van der Waals surface area (Å²) in [6, 6.07) is 11.6. The summed E-state index contributed by atoms with van der Waals surface area (Å²) < 4.78 is 5.34. The van der Waals surface area contributed by atoms with E-state index in [1.165, 1.54) is 0 Å². The first-order valence-electron chi connectivity index (χ1n) is 6.29. The van der Waals surface area contributed by atoms with E-state index in [-0.39, 0.29) is 18.2 Å². The molecule has 4 heteroatoms. The van der Waals surface area contributed by atoms with E-state index < -0.39 is 0 Å². The van der Waals surface area contributed by atoms with Crippen molar-refractivity contribution >= 4 is 28.7 Å². The maximum absolute atomic E-state index is 11.6. The summed E-state index contributed by atoms with van der Waals surface area (Å²) in [4.78, 5) is 22.8. The Bertz CT molecular complexity index is 746. The van der Waals surface area contributed by atoms with Gasteiger partial charge >= 0.3 is 0 Å². The summed E-state index contributed by atoms with van der Waals surface area (Å²) in [5, 5.41) is 4.26. The van der Waals surface area contributed by atoms with Crippen molar-refractivity contribution < 1.29 is 14.3 Å². The minimum atomic E-state index is -0.310. The maximum Gasteiger partial charge on any atom is 0.254 e. The fraction of sp³-hybridized carbons (Fsp3) is 0.125. The highest BCUT2D eigenvalue weighted by molar-refractivity contribution is 6.16. The number of carbonyl (C=O) groups excluding carboxylic acids is 2. The number of hydrogen-bond donors (Lipinski definition) is 1. The van der Waals surface area contributed by atoms with Crippen LogP contribution in [0.3, 0.4) is 0 Å². The predicted molar refractivity (Wildman–Crippen MR) is 76.2 cm³/mol. The molecule has 20 heavy (non-hydrogen) atoms. The van der Waals surface area contributed by atoms with Gasteiger partial charge in [-0.15, -0.1) is 0 Å². The number of carbonyl (C=O) groups is 2. The van der Waals surface area contributed by atoms with Crippen molar-refractivity contribution in [2.45, 2.75) is 6.42 Å². The zero-order valence-electron chi connectivity index (χ0n) is 11.0. The Hall–Kier alpha value is -2.62. The normalized spacial score (nSPS) is 16.8. The molecule has 0 aliphatic carbocycles. The van der Waals surface area contributed by atoms with Crippen LogP contribution in [0.5, 0.6) is 5.75 Å². The highest BCUT2D eigenvalue weighted by Gasteiger charge is 2.23. The van der Waals surface area contributed by atoms with E-state index in [1.807, 2.05) is 36.4 Å². The minimum absolute atomic E-state index is 0.138. The van der Waals surface area contributed by atoms with Crippen molar-refractivity contribution in [2.24, 2.45) is 0 Å². The van der Waals surface area contributed by atoms with Crippen LogP contribution in [0.4, 0.5) is 0 Å². The van der Waals surface area contributed by atoms with Gasteiger partial charge in [0.25, 0.3) is 5.91 Å². The van der Waals surface area contributed by atoms with E-state index in [0.717, 1.165) is 22.1 Å². The Morgan fingerprint density at radius 1 is 1.10 bits per heavy atom. The molecular formula is C16H13NO3. The molecule has 0 radical (unpaired) electrons. The average Bonchev–Trinajstić information content (AvgIpc) is 2.77. The van der Waals surface area contributed by atoms with Crippen LogP contribution < -0.4 is 10.1 Å². The van der Waals surface area contributed by atoms with Crippen LogP contribution >= 0.6 is 0 Å². The van der Waals surface area contributed by atoms with Gasteiger partial charge < -0.3 is 4.74 Å². The largest absolute Gasteiger partial charge is 0.496 e. The van der Waals surface area contributed by atoms with E-state index >= 15 is 0 Å². The summed E-state index contributed by atoms with van der Waals surface area (Å²) in [6.45, 7) is 0. The van der Waals surface area contributed by atoms with Crippen LogP contribution in [0.15, 0.2) is 42.0 Å². The lowest BCUT2D eigenvalue weighted by atomic mass is 10.0. The molecular weight excluding hydrogens is 254 g/mol. The number of fused-ring (bicyclic) bond motifs is 1. The van der Waals surface area contributed by atoms with Crippen LogP contribution in [-0.4, -0.2) is 18.9 Å². The quantitative estimate of drug-likeness (QED) is 0.671. The fourth-order valence-electron chi connectivity index (χ4n) is 2.41. The Labute approximate surface area is 116 Å². The zero-order chi connectivity index (χ0) is 14.1. The van der Waals surface area contributed by atoms with Gasteiger partial charge in [0, 0.05) is 11.0 Å². The topological polar surface area (TPSA) is 55.4 Å². The summed E-state index contributed by atoms with van der Waals surface area (Å²) >= 11 is 0. The number of amides is 2. The minimum Gasteiger partial charge on any atom is -0.496 e. The third kappa shape index (κ3) is 2.05. The molecule has 1 N–H and O–H groups in total. The first-order valence-corrected chi connectivity index (χ1v) is 6.29. The monoisotopic (exact) mass is 267 g/mol. The van der Waals surface area contributed by atoms with Gasteiger partial charge in [0.1, 0.15) is 5.75 Å². The smallest absolute Gasteiger partial charge is 0.254 e. The van der Waals surface area contributed by atoms with Crippen LogP contribution in [0.1, 0.15) is 12.0 Å². The summed E-state index contributed by atoms with van der Waals surface area (Å²) in [5.41, 5.74) is 1.39. The van der Waals surface area contributed by atoms with Crippen molar-refractivity contribution in [2.75, 3.05) is 7.11 Å². The lowest BCUT2D eigenvalue weighted by molar-refractivity contribution is -0.124. The summed E-state index contributed by atoms with van der Waals surface area (Å²) in [7, 11) is 1.63. The Morgan fingerprint density at radius 3 is 2.50 bits per heavy atom. The van der Waals surface area contributed by atoms with Crippen molar-refractivity contribution in [1.82, 2.24) is 5.32 Å². The SMILES string of the molecule is COc1ccc(/C=C2/CC(=O)NC2=O)c2ccccc12. The molecule has 100 valence electrons. The molecule has 1 aliphatic heterocycles. The number of hydrogen-bond acceptors (Lipinski definition) is 3. The molecule has 2 aromatic carbocycles. The number of nitrogens with one attached hydrogen (secondary N) is 1. The van der Waals surface area contributed by atoms with Crippen molar-refractivity contribution in [3.8, 4) is 5.75 Å². The third-order valence-electron chi connectivity index (χ3n) is 3.36. The van der Waals surface area contributed by atoms with Gasteiger partial charge in [0.05, 0.1) is 13.5 Å². The molecule has 0 atom stereocenters. The molecule has 0 aromatic heterocycles. The molecule has 0 unspecified atom stereocenters. The summed E-state index contributed by atoms with van der Waals surface area (Å²) in [6.07, 6.45) is 1.90. The van der Waals surface area contributed by atoms with Crippen molar-refractivity contribution in [1.29, 1.82) is 0 Å². The van der Waals surface area contributed by atoms with Crippen LogP contribution in [0.25, 0.3) is 16.8 Å². The Morgan fingerprint density at radius 2 is 1.85 bits per heavy atom. The maximum atomic E-state index is 11.6. The van der Waals surface area contributed by atoms with E-state index in [4.69, 9.17) is 4.74 Å². The number of benzene rings is 2. The second kappa shape index (κ2) is 4.81. The highest BCUT2D eigenvalue weighted by atomic mass is 16.5. The van der Waals surface area contributed by atoms with Gasteiger partial charge in [0.15, 0.2) is 0 Å². The second-order valence-electron chi connectivity index (χ2n) is 4.63. The lowest BCUT2D eigenvalue weighted by Gasteiger charge is -2.08. The average molecular weight is 267 g/mol. The van der Waals surface area contributed by atoms with E-state index in [2.05, 4.69) is 5.32 Å². The third-order valence-corrected chi connectivity index (χ3v) is 3.36. The summed E-state index contributed by atoms with van der Waals surface area (Å²) in [5.74, 6) is 0.226. The van der Waals surface area contributed by atoms with Gasteiger partial charge in [-0.3, -0.25) is 14.9 Å². The van der Waals surface area contributed by atoms with Gasteiger partial charge in [-0.1, -0.05) is 30.3 Å². The lowest BCUT2D eigenvalue weighted by Crippen LogP contribution is -2.19. The van der Waals surface area contributed by atoms with Gasteiger partial charge in [-0.05, 0) is 23.1 Å². The highest BCUT2D eigenvalue weighted by Crippen LogP contribution is 2.30. The second-order valence-corrected chi connectivity index (χ2v) is 4.63. The molecule has 1 heterocycles. The van der Waals surface area contributed by atoms with Gasteiger partial charge in [-0.2, -0.15) is 0 Å². The molecule has 0 saturated carbocycles. The molecule has 1 saturated heterocycles. The van der Waals surface area contributed by atoms with E-state index in [1.54, 1.807) is 13.2 Å². The number of imide groups is 1. The fourth-order valence-corrected chi connectivity index (χ4v) is 2.41. The Balaban J connectivity index is 2.16. The molecule has 1 fully saturated rings. The van der Waals surface area contributed by atoms with Crippen LogP contribution in [0.2, 0.25) is 0 Å². The van der Waals surface area contributed by atoms with E-state index in [9.17, 15) is 9.59 Å². The number of ether oxygens (including phenoxy) is 1. The molecule has 0 spiro atoms. The first-order chi connectivity index (χ1) is 9.69. The molecule has 4 nitrogen and oxygen atoms in total. The standard InChI is InChI=1S/C16H13NO3/c1-20-14-7-6-10(12-4-2-3-5-13(12)14)8-11-9-15(18)17-16(11)19/h2-8H,9H2,1H3,(H,17,18,19)/b11-8-. The van der Waals surface area contributed by atoms with Gasteiger partial charge in [-0.25, -0.2) is 0 Å². The molecule has 1 aliphatic rings. The van der Waals surface area contributed by atoms with Crippen molar-refractivity contribution in [3.63, 3.8) is 0 Å². The molecule has 2 aromatic rings. The number of rotatable bonds is 2. The zero-order valence-corrected chi connectivity index (χ0v) is 11.0. The molecule has 3 rings (SSSR count). The predicted octanol–water partition coefficient (Wildman–Crippen LogP) is 2.28. The molecule has 2 amide bonds. The van der Waals surface area contributed by atoms with E-state index in [0.29, 0.717) is 5.57 Å². The van der Waals surface area contributed by atoms with Crippen LogP contribution in [-0.2, 0) is 9.59 Å². The Kier molecular flexibility index (Phi) is 2.99.